The van der Waals surface area contributed by atoms with E-state index < -0.39 is 7.26 Å². The van der Waals surface area contributed by atoms with E-state index in [9.17, 15) is 0 Å². The summed E-state index contributed by atoms with van der Waals surface area (Å²) in [7, 11) is -1.33. The standard InChI is InChI=1S/C20H18P.BrH/c1-3-11-19(12-4-1)21(20-13-5-2-6-14-20)15-17-9-7-8-10-18(17)16-21;/h1-14H,15-16H2;1H/q+1;/p-1. The second-order valence-electron chi connectivity index (χ2n) is 5.72. The van der Waals surface area contributed by atoms with Gasteiger partial charge in [-0.15, -0.1) is 0 Å². The number of halogens is 1. The van der Waals surface area contributed by atoms with E-state index in [0.29, 0.717) is 0 Å². The van der Waals surface area contributed by atoms with Gasteiger partial charge in [0.25, 0.3) is 0 Å². The van der Waals surface area contributed by atoms with Gasteiger partial charge in [0, 0.05) is 0 Å². The molecule has 0 bridgehead atoms. The van der Waals surface area contributed by atoms with E-state index in [1.165, 1.54) is 22.9 Å². The minimum atomic E-state index is -1.33. The quantitative estimate of drug-likeness (QED) is 0.599. The van der Waals surface area contributed by atoms with Crippen LogP contribution >= 0.6 is 7.26 Å². The highest BCUT2D eigenvalue weighted by Crippen LogP contribution is 2.66. The molecular weight excluding hydrogens is 351 g/mol. The van der Waals surface area contributed by atoms with Crippen LogP contribution in [0.25, 0.3) is 0 Å². The SMILES string of the molecule is [Br-].c1ccc([P+]2(c3ccccc3)Cc3ccccc3C2)cc1. The molecule has 0 atom stereocenters. The summed E-state index contributed by atoms with van der Waals surface area (Å²) in [5.41, 5.74) is 3.08. The van der Waals surface area contributed by atoms with Crippen molar-refractivity contribution in [2.45, 2.75) is 12.3 Å². The molecule has 0 fully saturated rings. The van der Waals surface area contributed by atoms with E-state index in [0.717, 1.165) is 0 Å². The molecule has 110 valence electrons. The Morgan fingerprint density at radius 1 is 0.500 bits per heavy atom. The third-order valence-corrected chi connectivity index (χ3v) is 8.83. The number of benzene rings is 3. The minimum Gasteiger partial charge on any atom is -1.00 e. The van der Waals surface area contributed by atoms with Crippen molar-refractivity contribution in [1.82, 2.24) is 0 Å². The average molecular weight is 369 g/mol. The van der Waals surface area contributed by atoms with Crippen LogP contribution in [0.5, 0.6) is 0 Å². The van der Waals surface area contributed by atoms with Crippen LogP contribution in [0.1, 0.15) is 11.1 Å². The van der Waals surface area contributed by atoms with Crippen LogP contribution < -0.4 is 27.6 Å². The van der Waals surface area contributed by atoms with Gasteiger partial charge in [0.05, 0.1) is 30.2 Å². The topological polar surface area (TPSA) is 0 Å². The van der Waals surface area contributed by atoms with Crippen LogP contribution in [0.15, 0.2) is 84.9 Å². The van der Waals surface area contributed by atoms with Crippen molar-refractivity contribution in [2.75, 3.05) is 0 Å². The first-order chi connectivity index (χ1) is 10.4. The summed E-state index contributed by atoms with van der Waals surface area (Å²) in [6.07, 6.45) is 2.41. The highest BCUT2D eigenvalue weighted by atomic mass is 79.9. The Balaban J connectivity index is 0.00000144. The highest BCUT2D eigenvalue weighted by Gasteiger charge is 2.47. The monoisotopic (exact) mass is 368 g/mol. The Hall–Kier alpha value is -1.43. The molecule has 1 heterocycles. The van der Waals surface area contributed by atoms with Crippen LogP contribution in [0.3, 0.4) is 0 Å². The van der Waals surface area contributed by atoms with Gasteiger partial charge in [-0.2, -0.15) is 0 Å². The molecule has 0 aromatic heterocycles. The number of rotatable bonds is 2. The summed E-state index contributed by atoms with van der Waals surface area (Å²) in [5, 5.41) is 3.07. The zero-order valence-corrected chi connectivity index (χ0v) is 14.8. The fourth-order valence-electron chi connectivity index (χ4n) is 3.44. The second kappa shape index (κ2) is 6.36. The van der Waals surface area contributed by atoms with Crippen LogP contribution in [-0.4, -0.2) is 0 Å². The Kier molecular flexibility index (Phi) is 4.47. The zero-order chi connectivity index (χ0) is 14.1. The fraction of sp³-hybridized carbons (Fsp3) is 0.100. The van der Waals surface area contributed by atoms with E-state index in [1.807, 2.05) is 0 Å². The molecule has 3 aromatic carbocycles. The molecule has 2 heteroatoms. The van der Waals surface area contributed by atoms with E-state index in [1.54, 1.807) is 11.1 Å². The van der Waals surface area contributed by atoms with E-state index in [4.69, 9.17) is 0 Å². The summed E-state index contributed by atoms with van der Waals surface area (Å²) in [6.45, 7) is 0. The molecule has 1 aliphatic heterocycles. The lowest BCUT2D eigenvalue weighted by Gasteiger charge is -2.22. The van der Waals surface area contributed by atoms with Crippen molar-refractivity contribution in [3.05, 3.63) is 96.1 Å². The van der Waals surface area contributed by atoms with Crippen molar-refractivity contribution in [3.63, 3.8) is 0 Å². The van der Waals surface area contributed by atoms with E-state index in [2.05, 4.69) is 84.9 Å². The van der Waals surface area contributed by atoms with Gasteiger partial charge in [0.15, 0.2) is 0 Å². The summed E-state index contributed by atoms with van der Waals surface area (Å²) in [5.74, 6) is 0. The molecule has 0 spiro atoms. The van der Waals surface area contributed by atoms with Crippen LogP contribution in [0.4, 0.5) is 0 Å². The van der Waals surface area contributed by atoms with Gasteiger partial charge in [-0.05, 0) is 35.4 Å². The van der Waals surface area contributed by atoms with Crippen LogP contribution in [0, 0.1) is 0 Å². The molecule has 0 saturated carbocycles. The maximum Gasteiger partial charge on any atom is 0.0999 e. The summed E-state index contributed by atoms with van der Waals surface area (Å²) in [6, 6.07) is 31.2. The molecule has 22 heavy (non-hydrogen) atoms. The lowest BCUT2D eigenvalue weighted by molar-refractivity contribution is -0.00000412. The molecule has 0 nitrogen and oxygen atoms in total. The Morgan fingerprint density at radius 2 is 0.864 bits per heavy atom. The Bertz CT molecular complexity index is 686. The molecule has 0 radical (unpaired) electrons. The number of hydrogen-bond donors (Lipinski definition) is 0. The van der Waals surface area contributed by atoms with Gasteiger partial charge < -0.3 is 17.0 Å². The van der Waals surface area contributed by atoms with Gasteiger partial charge in [0.2, 0.25) is 0 Å². The van der Waals surface area contributed by atoms with Gasteiger partial charge in [-0.25, -0.2) is 0 Å². The maximum absolute atomic E-state index is 2.33. The van der Waals surface area contributed by atoms with Crippen molar-refractivity contribution in [2.24, 2.45) is 0 Å². The smallest absolute Gasteiger partial charge is 0.0999 e. The number of hydrogen-bond acceptors (Lipinski definition) is 0. The van der Waals surface area contributed by atoms with E-state index in [-0.39, 0.29) is 17.0 Å². The summed E-state index contributed by atoms with van der Waals surface area (Å²) >= 11 is 0. The molecule has 0 saturated heterocycles. The Morgan fingerprint density at radius 3 is 1.27 bits per heavy atom. The first-order valence-electron chi connectivity index (χ1n) is 7.44. The maximum atomic E-state index is 2.33. The van der Waals surface area contributed by atoms with Crippen molar-refractivity contribution >= 4 is 17.9 Å². The molecule has 1 aliphatic rings. The minimum absolute atomic E-state index is 0. The predicted octanol–water partition coefficient (Wildman–Crippen LogP) is 1.37. The molecule has 0 aliphatic carbocycles. The molecule has 0 N–H and O–H groups in total. The van der Waals surface area contributed by atoms with Crippen molar-refractivity contribution in [3.8, 4) is 0 Å². The van der Waals surface area contributed by atoms with Gasteiger partial charge in [0.1, 0.15) is 0 Å². The molecular formula is C20H18BrP. The van der Waals surface area contributed by atoms with Crippen molar-refractivity contribution < 1.29 is 17.0 Å². The third kappa shape index (κ3) is 2.53. The largest absolute Gasteiger partial charge is 1.00 e. The fourth-order valence-corrected chi connectivity index (χ4v) is 7.85. The Labute approximate surface area is 143 Å². The molecule has 3 aromatic rings. The normalized spacial score (nSPS) is 14.9. The highest BCUT2D eigenvalue weighted by molar-refractivity contribution is 7.88. The predicted molar refractivity (Wildman–Crippen MR) is 92.9 cm³/mol. The van der Waals surface area contributed by atoms with Gasteiger partial charge in [-0.3, -0.25) is 0 Å². The lowest BCUT2D eigenvalue weighted by Crippen LogP contribution is -3.00. The molecule has 0 amide bonds. The third-order valence-electron chi connectivity index (χ3n) is 4.50. The van der Waals surface area contributed by atoms with Crippen molar-refractivity contribution in [1.29, 1.82) is 0 Å². The second-order valence-corrected chi connectivity index (χ2v) is 9.32. The summed E-state index contributed by atoms with van der Waals surface area (Å²) < 4.78 is 0. The zero-order valence-electron chi connectivity index (χ0n) is 12.3. The first-order valence-corrected chi connectivity index (χ1v) is 9.59. The average Bonchev–Trinajstić information content (AvgIpc) is 2.97. The number of fused-ring (bicyclic) bond motifs is 1. The summed E-state index contributed by atoms with van der Waals surface area (Å²) in [4.78, 5) is 0. The van der Waals surface area contributed by atoms with Gasteiger partial charge in [-0.1, -0.05) is 60.7 Å². The first kappa shape index (κ1) is 15.5. The lowest BCUT2D eigenvalue weighted by atomic mass is 10.1. The van der Waals surface area contributed by atoms with Gasteiger partial charge >= 0.3 is 0 Å². The van der Waals surface area contributed by atoms with Crippen LogP contribution in [0.2, 0.25) is 0 Å². The van der Waals surface area contributed by atoms with E-state index >= 15 is 0 Å². The molecule has 0 unspecified atom stereocenters. The molecule has 4 rings (SSSR count). The van der Waals surface area contributed by atoms with Crippen LogP contribution in [-0.2, 0) is 12.3 Å².